The van der Waals surface area contributed by atoms with E-state index in [1.807, 2.05) is 0 Å². The van der Waals surface area contributed by atoms with E-state index >= 15 is 0 Å². The Labute approximate surface area is 594 Å². The van der Waals surface area contributed by atoms with Crippen molar-refractivity contribution >= 4 is 39.5 Å². The summed E-state index contributed by atoms with van der Waals surface area (Å²) in [5.74, 6) is -0.493. The van der Waals surface area contributed by atoms with E-state index in [-0.39, 0.29) is 25.7 Å². The number of carbonyl (C=O) groups excluding carboxylic acids is 4. The van der Waals surface area contributed by atoms with Gasteiger partial charge in [-0.3, -0.25) is 37.3 Å². The molecule has 2 unspecified atom stereocenters. The van der Waals surface area contributed by atoms with Gasteiger partial charge in [0.05, 0.1) is 26.4 Å². The fourth-order valence-electron chi connectivity index (χ4n) is 12.0. The number of carbonyl (C=O) groups is 4. The lowest BCUT2D eigenvalue weighted by atomic mass is 10.0. The van der Waals surface area contributed by atoms with E-state index in [0.29, 0.717) is 25.7 Å². The zero-order valence-electron chi connectivity index (χ0n) is 63.4. The second kappa shape index (κ2) is 69.8. The van der Waals surface area contributed by atoms with Gasteiger partial charge in [0, 0.05) is 25.7 Å². The summed E-state index contributed by atoms with van der Waals surface area (Å²) in [7, 11) is -9.91. The molecule has 0 spiro atoms. The second-order valence-corrected chi connectivity index (χ2v) is 32.0. The predicted molar refractivity (Wildman–Crippen MR) is 395 cm³/mol. The van der Waals surface area contributed by atoms with Gasteiger partial charge in [-0.1, -0.05) is 356 Å². The smallest absolute Gasteiger partial charge is 0.462 e. The van der Waals surface area contributed by atoms with Gasteiger partial charge in [-0.15, -0.1) is 0 Å². The quantitative estimate of drug-likeness (QED) is 0.0222. The molecule has 17 nitrogen and oxygen atoms in total. The van der Waals surface area contributed by atoms with Crippen LogP contribution >= 0.6 is 15.6 Å². The number of esters is 4. The molecule has 97 heavy (non-hydrogen) atoms. The summed E-state index contributed by atoms with van der Waals surface area (Å²) in [6.45, 7) is 9.64. The molecule has 576 valence electrons. The number of rotatable bonds is 77. The molecular formula is C78H152O17P2. The maximum atomic E-state index is 13.1. The number of aliphatic hydroxyl groups is 1. The van der Waals surface area contributed by atoms with Crippen LogP contribution in [0.1, 0.15) is 408 Å². The molecule has 0 heterocycles. The molecule has 0 bridgehead atoms. The fraction of sp³-hybridized carbons (Fsp3) is 0.949. The number of hydrogen-bond donors (Lipinski definition) is 3. The van der Waals surface area contributed by atoms with Crippen LogP contribution in [-0.4, -0.2) is 96.7 Å². The summed E-state index contributed by atoms with van der Waals surface area (Å²) in [4.78, 5) is 72.8. The minimum atomic E-state index is -4.96. The molecule has 5 atom stereocenters. The van der Waals surface area contributed by atoms with Crippen molar-refractivity contribution in [2.24, 2.45) is 11.8 Å². The molecule has 0 aliphatic carbocycles. The Balaban J connectivity index is 5.18. The molecule has 0 aromatic heterocycles. The zero-order valence-corrected chi connectivity index (χ0v) is 65.2. The molecule has 0 aromatic rings. The highest BCUT2D eigenvalue weighted by atomic mass is 31.2. The summed E-state index contributed by atoms with van der Waals surface area (Å²) in [5, 5.41) is 10.6. The topological polar surface area (TPSA) is 237 Å². The van der Waals surface area contributed by atoms with Gasteiger partial charge in [0.1, 0.15) is 19.3 Å². The van der Waals surface area contributed by atoms with Crippen molar-refractivity contribution in [1.82, 2.24) is 0 Å². The summed E-state index contributed by atoms with van der Waals surface area (Å²) < 4.78 is 68.5. The molecule has 3 N–H and O–H groups in total. The molecule has 0 radical (unpaired) electrons. The average molecular weight is 1420 g/mol. The Kier molecular flexibility index (Phi) is 68.4. The Morgan fingerprint density at radius 2 is 0.474 bits per heavy atom. The number of ether oxygens (including phenoxy) is 4. The van der Waals surface area contributed by atoms with E-state index in [4.69, 9.17) is 37.0 Å². The molecule has 0 saturated heterocycles. The highest BCUT2D eigenvalue weighted by Gasteiger charge is 2.30. The molecular weight excluding hydrogens is 1270 g/mol. The zero-order chi connectivity index (χ0) is 71.4. The largest absolute Gasteiger partial charge is 0.472 e. The standard InChI is InChI=1S/C78H152O17P2/c1-7-9-11-13-15-17-30-38-44-50-56-62-77(82)94-73(66-88-75(80)60-54-48-42-16-14-12-10-8-2)68-92-96(84,85)90-64-72(79)65-91-97(86,87)93-69-74(95-78(83)63-57-51-45-39-34-29-25-21-19-23-27-32-36-41-47-53-59-71(5)6)67-89-76(81)61-55-49-43-37-33-28-24-20-18-22-26-31-35-40-46-52-58-70(3)4/h70-74,79H,7-69H2,1-6H3,(H,84,85)(H,86,87)/t72-,73+,74+/m0/s1. The van der Waals surface area contributed by atoms with E-state index in [1.165, 1.54) is 218 Å². The van der Waals surface area contributed by atoms with E-state index < -0.39 is 97.5 Å². The Bertz CT molecular complexity index is 1870. The number of unbranched alkanes of at least 4 members (excludes halogenated alkanes) is 47. The van der Waals surface area contributed by atoms with Crippen molar-refractivity contribution < 1.29 is 80.2 Å². The lowest BCUT2D eigenvalue weighted by Gasteiger charge is -2.21. The Morgan fingerprint density at radius 3 is 0.701 bits per heavy atom. The predicted octanol–water partition coefficient (Wildman–Crippen LogP) is 23.1. The molecule has 19 heteroatoms. The van der Waals surface area contributed by atoms with Crippen molar-refractivity contribution in [3.05, 3.63) is 0 Å². The van der Waals surface area contributed by atoms with Gasteiger partial charge in [-0.2, -0.15) is 0 Å². The van der Waals surface area contributed by atoms with Crippen molar-refractivity contribution in [1.29, 1.82) is 0 Å². The lowest BCUT2D eigenvalue weighted by Crippen LogP contribution is -2.30. The third-order valence-corrected chi connectivity index (χ3v) is 20.1. The third-order valence-electron chi connectivity index (χ3n) is 18.2. The lowest BCUT2D eigenvalue weighted by molar-refractivity contribution is -0.161. The second-order valence-electron chi connectivity index (χ2n) is 29.1. The number of phosphoric acid groups is 2. The van der Waals surface area contributed by atoms with E-state index in [1.54, 1.807) is 0 Å². The molecule has 0 amide bonds. The Hall–Kier alpha value is -1.94. The van der Waals surface area contributed by atoms with Crippen molar-refractivity contribution in [2.45, 2.75) is 426 Å². The maximum absolute atomic E-state index is 13.1. The molecule has 0 aliphatic rings. The van der Waals surface area contributed by atoms with Gasteiger partial charge in [0.2, 0.25) is 0 Å². The van der Waals surface area contributed by atoms with Gasteiger partial charge in [0.15, 0.2) is 12.2 Å². The van der Waals surface area contributed by atoms with Crippen LogP contribution in [0.5, 0.6) is 0 Å². The van der Waals surface area contributed by atoms with E-state index in [9.17, 15) is 43.2 Å². The maximum Gasteiger partial charge on any atom is 0.472 e. The monoisotopic (exact) mass is 1420 g/mol. The highest BCUT2D eigenvalue weighted by molar-refractivity contribution is 7.47. The van der Waals surface area contributed by atoms with Crippen LogP contribution < -0.4 is 0 Å². The van der Waals surface area contributed by atoms with Crippen LogP contribution in [0.15, 0.2) is 0 Å². The van der Waals surface area contributed by atoms with Gasteiger partial charge >= 0.3 is 39.5 Å². The summed E-state index contributed by atoms with van der Waals surface area (Å²) in [5.41, 5.74) is 0. The highest BCUT2D eigenvalue weighted by Crippen LogP contribution is 2.45. The third kappa shape index (κ3) is 72.2. The van der Waals surface area contributed by atoms with Crippen LogP contribution in [-0.2, 0) is 65.4 Å². The molecule has 0 saturated carbocycles. The number of hydrogen-bond acceptors (Lipinski definition) is 15. The summed E-state index contributed by atoms with van der Waals surface area (Å²) in [6.07, 6.45) is 58.3. The molecule has 0 rings (SSSR count). The van der Waals surface area contributed by atoms with Crippen LogP contribution in [0.3, 0.4) is 0 Å². The summed E-state index contributed by atoms with van der Waals surface area (Å²) in [6, 6.07) is 0. The minimum Gasteiger partial charge on any atom is -0.462 e. The molecule has 0 aliphatic heterocycles. The Morgan fingerprint density at radius 1 is 0.278 bits per heavy atom. The number of aliphatic hydroxyl groups excluding tert-OH is 1. The minimum absolute atomic E-state index is 0.107. The van der Waals surface area contributed by atoms with Crippen LogP contribution in [0.2, 0.25) is 0 Å². The SMILES string of the molecule is CCCCCCCCCCCCCC(=O)O[C@H](COC(=O)CCCCCCCCCC)COP(=O)(O)OC[C@H](O)COP(=O)(O)OC[C@@H](COC(=O)CCCCCCCCCCCCCCCCCCC(C)C)OC(=O)CCCCCCCCCCCCCCCCCCC(C)C. The first-order chi connectivity index (χ1) is 46.9. The fourth-order valence-corrected chi connectivity index (χ4v) is 13.6. The van der Waals surface area contributed by atoms with Crippen molar-refractivity contribution in [3.63, 3.8) is 0 Å². The van der Waals surface area contributed by atoms with Crippen molar-refractivity contribution in [3.8, 4) is 0 Å². The van der Waals surface area contributed by atoms with Gasteiger partial charge in [-0.25, -0.2) is 9.13 Å². The van der Waals surface area contributed by atoms with E-state index in [0.717, 1.165) is 108 Å². The first-order valence-corrected chi connectivity index (χ1v) is 43.5. The van der Waals surface area contributed by atoms with Gasteiger partial charge in [0.25, 0.3) is 0 Å². The normalized spacial score (nSPS) is 14.0. The summed E-state index contributed by atoms with van der Waals surface area (Å²) >= 11 is 0. The van der Waals surface area contributed by atoms with Crippen LogP contribution in [0, 0.1) is 11.8 Å². The van der Waals surface area contributed by atoms with Crippen molar-refractivity contribution in [2.75, 3.05) is 39.6 Å². The first-order valence-electron chi connectivity index (χ1n) is 40.5. The van der Waals surface area contributed by atoms with Gasteiger partial charge in [-0.05, 0) is 37.5 Å². The van der Waals surface area contributed by atoms with Crippen LogP contribution in [0.4, 0.5) is 0 Å². The average Bonchev–Trinajstić information content (AvgIpc) is 1.37. The van der Waals surface area contributed by atoms with E-state index in [2.05, 4.69) is 41.5 Å². The molecule has 0 fully saturated rings. The van der Waals surface area contributed by atoms with Crippen LogP contribution in [0.25, 0.3) is 0 Å². The first kappa shape index (κ1) is 95.1. The van der Waals surface area contributed by atoms with Gasteiger partial charge < -0.3 is 33.8 Å². The number of phosphoric ester groups is 2. The molecule has 0 aromatic carbocycles.